The van der Waals surface area contributed by atoms with E-state index in [1.165, 1.54) is 16.7 Å². The SMILES string of the molecule is C=CNC1C(C)=C1C1=C(OC)N(C)CC=C1. The van der Waals surface area contributed by atoms with Crippen molar-refractivity contribution in [2.24, 2.45) is 0 Å². The van der Waals surface area contributed by atoms with Gasteiger partial charge in [0.05, 0.1) is 13.2 Å². The first-order valence-corrected chi connectivity index (χ1v) is 5.44. The van der Waals surface area contributed by atoms with Gasteiger partial charge in [-0.05, 0) is 24.3 Å². The molecule has 0 aromatic heterocycles. The molecular weight excluding hydrogens is 200 g/mol. The van der Waals surface area contributed by atoms with Crippen molar-refractivity contribution in [1.29, 1.82) is 0 Å². The monoisotopic (exact) mass is 218 g/mol. The summed E-state index contributed by atoms with van der Waals surface area (Å²) in [7, 11) is 3.76. The molecule has 0 spiro atoms. The largest absolute Gasteiger partial charge is 0.482 e. The first-order chi connectivity index (χ1) is 7.70. The first-order valence-electron chi connectivity index (χ1n) is 5.44. The predicted octanol–water partition coefficient (Wildman–Crippen LogP) is 1.78. The van der Waals surface area contributed by atoms with Crippen molar-refractivity contribution in [2.75, 3.05) is 20.7 Å². The van der Waals surface area contributed by atoms with Crippen LogP contribution >= 0.6 is 0 Å². The molecule has 16 heavy (non-hydrogen) atoms. The second-order valence-electron chi connectivity index (χ2n) is 4.11. The van der Waals surface area contributed by atoms with Gasteiger partial charge in [-0.1, -0.05) is 18.7 Å². The number of allylic oxidation sites excluding steroid dienone is 1. The molecule has 3 heteroatoms. The highest BCUT2D eigenvalue weighted by molar-refractivity contribution is 5.62. The van der Waals surface area contributed by atoms with E-state index in [4.69, 9.17) is 4.74 Å². The quantitative estimate of drug-likeness (QED) is 0.778. The van der Waals surface area contributed by atoms with Crippen molar-refractivity contribution < 1.29 is 4.74 Å². The highest BCUT2D eigenvalue weighted by atomic mass is 16.5. The summed E-state index contributed by atoms with van der Waals surface area (Å²) < 4.78 is 5.46. The molecule has 0 fully saturated rings. The molecule has 1 atom stereocenters. The van der Waals surface area contributed by atoms with Crippen LogP contribution in [0.25, 0.3) is 0 Å². The van der Waals surface area contributed by atoms with Gasteiger partial charge in [-0.3, -0.25) is 0 Å². The summed E-state index contributed by atoms with van der Waals surface area (Å²) in [6.07, 6.45) is 6.04. The fraction of sp³-hybridized carbons (Fsp3) is 0.385. The van der Waals surface area contributed by atoms with Crippen molar-refractivity contribution in [1.82, 2.24) is 10.2 Å². The number of hydrogen-bond acceptors (Lipinski definition) is 3. The van der Waals surface area contributed by atoms with Gasteiger partial charge in [0.15, 0.2) is 5.88 Å². The molecule has 0 radical (unpaired) electrons. The molecule has 0 bridgehead atoms. The molecule has 2 rings (SSSR count). The Kier molecular flexibility index (Phi) is 2.77. The van der Waals surface area contributed by atoms with E-state index in [-0.39, 0.29) is 0 Å². The third-order valence-corrected chi connectivity index (χ3v) is 3.07. The van der Waals surface area contributed by atoms with Crippen LogP contribution in [0, 0.1) is 0 Å². The lowest BCUT2D eigenvalue weighted by Gasteiger charge is -2.25. The number of rotatable bonds is 4. The highest BCUT2D eigenvalue weighted by Crippen LogP contribution is 2.40. The zero-order valence-corrected chi connectivity index (χ0v) is 10.1. The van der Waals surface area contributed by atoms with Crippen LogP contribution < -0.4 is 5.32 Å². The molecule has 1 aliphatic heterocycles. The van der Waals surface area contributed by atoms with E-state index < -0.39 is 0 Å². The van der Waals surface area contributed by atoms with E-state index in [0.29, 0.717) is 6.04 Å². The maximum absolute atomic E-state index is 5.46. The fourth-order valence-corrected chi connectivity index (χ4v) is 2.18. The van der Waals surface area contributed by atoms with Gasteiger partial charge in [0, 0.05) is 19.2 Å². The van der Waals surface area contributed by atoms with E-state index in [1.54, 1.807) is 13.3 Å². The van der Waals surface area contributed by atoms with E-state index in [9.17, 15) is 0 Å². The zero-order valence-electron chi connectivity index (χ0n) is 10.1. The van der Waals surface area contributed by atoms with Crippen LogP contribution in [0.4, 0.5) is 0 Å². The summed E-state index contributed by atoms with van der Waals surface area (Å²) in [5, 5.41) is 3.22. The number of nitrogens with one attached hydrogen (secondary N) is 1. The number of ether oxygens (including phenoxy) is 1. The van der Waals surface area contributed by atoms with Crippen LogP contribution in [-0.4, -0.2) is 31.6 Å². The third-order valence-electron chi connectivity index (χ3n) is 3.07. The van der Waals surface area contributed by atoms with Crippen molar-refractivity contribution >= 4 is 0 Å². The Hall–Kier alpha value is -1.64. The second kappa shape index (κ2) is 4.08. The van der Waals surface area contributed by atoms with Gasteiger partial charge in [-0.25, -0.2) is 0 Å². The standard InChI is InChI=1S/C13H18N2O/c1-5-14-12-9(2)11(12)10-7-6-8-15(3)13(10)16-4/h5-7,12,14H,1,8H2,2-4H3. The fourth-order valence-electron chi connectivity index (χ4n) is 2.18. The van der Waals surface area contributed by atoms with Crippen LogP contribution in [0.5, 0.6) is 0 Å². The molecule has 1 heterocycles. The number of methoxy groups -OCH3 is 1. The maximum atomic E-state index is 5.46. The first kappa shape index (κ1) is 10.9. The molecule has 2 aliphatic rings. The van der Waals surface area contributed by atoms with E-state index in [1.807, 2.05) is 7.05 Å². The third kappa shape index (κ3) is 1.62. The summed E-state index contributed by atoms with van der Waals surface area (Å²) in [6.45, 7) is 6.73. The molecule has 0 saturated carbocycles. The molecule has 0 aromatic rings. The Labute approximate surface area is 96.8 Å². The molecule has 1 N–H and O–H groups in total. The molecule has 0 amide bonds. The average Bonchev–Trinajstić information content (AvgIpc) is 2.89. The van der Waals surface area contributed by atoms with E-state index in [2.05, 4.69) is 35.9 Å². The lowest BCUT2D eigenvalue weighted by molar-refractivity contribution is 0.178. The van der Waals surface area contributed by atoms with Crippen LogP contribution in [0.3, 0.4) is 0 Å². The average molecular weight is 218 g/mol. The Balaban J connectivity index is 2.26. The molecule has 3 nitrogen and oxygen atoms in total. The molecule has 0 saturated heterocycles. The Morgan fingerprint density at radius 3 is 3.00 bits per heavy atom. The van der Waals surface area contributed by atoms with Crippen LogP contribution in [0.2, 0.25) is 0 Å². The summed E-state index contributed by atoms with van der Waals surface area (Å²) in [4.78, 5) is 2.11. The van der Waals surface area contributed by atoms with Gasteiger partial charge in [0.2, 0.25) is 0 Å². The van der Waals surface area contributed by atoms with Crippen molar-refractivity contribution in [3.8, 4) is 0 Å². The zero-order chi connectivity index (χ0) is 11.7. The summed E-state index contributed by atoms with van der Waals surface area (Å²) in [5.41, 5.74) is 3.89. The number of hydrogen-bond donors (Lipinski definition) is 1. The maximum Gasteiger partial charge on any atom is 0.196 e. The minimum Gasteiger partial charge on any atom is -0.482 e. The Morgan fingerprint density at radius 2 is 2.38 bits per heavy atom. The lowest BCUT2D eigenvalue weighted by Crippen LogP contribution is -2.24. The highest BCUT2D eigenvalue weighted by Gasteiger charge is 2.36. The van der Waals surface area contributed by atoms with Crippen molar-refractivity contribution in [2.45, 2.75) is 13.0 Å². The van der Waals surface area contributed by atoms with E-state index >= 15 is 0 Å². The Morgan fingerprint density at radius 1 is 1.62 bits per heavy atom. The van der Waals surface area contributed by atoms with Gasteiger partial charge in [0.1, 0.15) is 0 Å². The van der Waals surface area contributed by atoms with Gasteiger partial charge in [-0.2, -0.15) is 0 Å². The smallest absolute Gasteiger partial charge is 0.196 e. The van der Waals surface area contributed by atoms with Gasteiger partial charge in [0.25, 0.3) is 0 Å². The number of likely N-dealkylation sites (N-methyl/N-ethyl adjacent to an activating group) is 1. The second-order valence-corrected chi connectivity index (χ2v) is 4.11. The van der Waals surface area contributed by atoms with Gasteiger partial charge >= 0.3 is 0 Å². The molecule has 0 aromatic carbocycles. The lowest BCUT2D eigenvalue weighted by atomic mass is 10.1. The topological polar surface area (TPSA) is 24.5 Å². The van der Waals surface area contributed by atoms with Crippen LogP contribution in [0.1, 0.15) is 6.92 Å². The summed E-state index contributed by atoms with van der Waals surface area (Å²) in [5.74, 6) is 0.949. The summed E-state index contributed by atoms with van der Waals surface area (Å²) in [6, 6.07) is 0.341. The predicted molar refractivity (Wildman–Crippen MR) is 65.6 cm³/mol. The molecule has 1 aliphatic carbocycles. The summed E-state index contributed by atoms with van der Waals surface area (Å²) >= 11 is 0. The minimum absolute atomic E-state index is 0.341. The number of nitrogens with zero attached hydrogens (tertiary/aromatic N) is 1. The minimum atomic E-state index is 0.341. The molecule has 86 valence electrons. The Bertz CT molecular complexity index is 404. The van der Waals surface area contributed by atoms with Crippen LogP contribution in [-0.2, 0) is 4.74 Å². The normalized spacial score (nSPS) is 23.7. The molecular formula is C13H18N2O. The van der Waals surface area contributed by atoms with Crippen molar-refractivity contribution in [3.63, 3.8) is 0 Å². The van der Waals surface area contributed by atoms with Gasteiger partial charge in [-0.15, -0.1) is 0 Å². The van der Waals surface area contributed by atoms with Crippen molar-refractivity contribution in [3.05, 3.63) is 47.5 Å². The van der Waals surface area contributed by atoms with Gasteiger partial charge < -0.3 is 15.0 Å². The van der Waals surface area contributed by atoms with E-state index in [0.717, 1.165) is 12.4 Å². The molecule has 1 unspecified atom stereocenters. The van der Waals surface area contributed by atoms with Crippen LogP contribution in [0.15, 0.2) is 47.5 Å².